The Balaban J connectivity index is 1.86. The highest BCUT2D eigenvalue weighted by molar-refractivity contribution is 5.73. The molecule has 23 heavy (non-hydrogen) atoms. The predicted molar refractivity (Wildman–Crippen MR) is 83.0 cm³/mol. The Morgan fingerprint density at radius 2 is 2.09 bits per heavy atom. The van der Waals surface area contributed by atoms with Crippen LogP contribution in [0.15, 0.2) is 18.5 Å². The molecule has 1 aliphatic heterocycles. The number of nitrogens with one attached hydrogen (secondary N) is 1. The number of amides is 1. The van der Waals surface area contributed by atoms with Crippen molar-refractivity contribution < 1.29 is 19.4 Å². The number of aromatic nitrogens is 2. The number of rotatable bonds is 6. The molecule has 0 aromatic carbocycles. The molecule has 2 rings (SSSR count). The van der Waals surface area contributed by atoms with Gasteiger partial charge in [0.15, 0.2) is 0 Å². The summed E-state index contributed by atoms with van der Waals surface area (Å²) in [6, 6.07) is 1.83. The van der Waals surface area contributed by atoms with Crippen LogP contribution in [0.3, 0.4) is 0 Å². The molecule has 0 atom stereocenters. The number of aliphatic carboxylic acids is 1. The van der Waals surface area contributed by atoms with Crippen molar-refractivity contribution in [1.29, 1.82) is 0 Å². The molecule has 1 amide bonds. The summed E-state index contributed by atoms with van der Waals surface area (Å²) in [5.41, 5.74) is -1.16. The first-order valence-electron chi connectivity index (χ1n) is 7.61. The minimum Gasteiger partial charge on any atom is -0.481 e. The zero-order chi connectivity index (χ0) is 17.1. The van der Waals surface area contributed by atoms with E-state index in [2.05, 4.69) is 10.4 Å². The Bertz CT molecular complexity index is 544. The molecule has 128 valence electrons. The van der Waals surface area contributed by atoms with Gasteiger partial charge in [-0.05, 0) is 26.8 Å². The molecule has 0 bridgehead atoms. The largest absolute Gasteiger partial charge is 0.481 e. The lowest BCUT2D eigenvalue weighted by Crippen LogP contribution is -2.71. The topological polar surface area (TPSA) is 96.7 Å². The lowest BCUT2D eigenvalue weighted by molar-refractivity contribution is -0.141. The molecule has 8 nitrogen and oxygen atoms in total. The van der Waals surface area contributed by atoms with Crippen LogP contribution in [0.25, 0.3) is 0 Å². The molecule has 1 aromatic heterocycles. The van der Waals surface area contributed by atoms with E-state index >= 15 is 0 Å². The monoisotopic (exact) mass is 324 g/mol. The number of carbonyl (C=O) groups excluding carboxylic acids is 1. The second-order valence-electron chi connectivity index (χ2n) is 6.88. The summed E-state index contributed by atoms with van der Waals surface area (Å²) in [7, 11) is 0. The molecule has 0 unspecified atom stereocenters. The summed E-state index contributed by atoms with van der Waals surface area (Å²) in [4.78, 5) is 24.6. The highest BCUT2D eigenvalue weighted by Crippen LogP contribution is 2.26. The molecular formula is C15H24N4O4. The van der Waals surface area contributed by atoms with Crippen molar-refractivity contribution >= 4 is 12.1 Å². The molecule has 0 saturated carbocycles. The summed E-state index contributed by atoms with van der Waals surface area (Å²) in [6.45, 7) is 7.28. The standard InChI is InChI=1S/C15H24N4O4/c1-14(2,3)23-13(22)18-10-15(11-18,9-12(20)21)16-6-8-19-7-4-5-17-19/h4-5,7,16H,6,8-11H2,1-3H3,(H,20,21). The molecule has 0 spiro atoms. The number of hydrogen-bond acceptors (Lipinski definition) is 5. The van der Waals surface area contributed by atoms with E-state index in [0.29, 0.717) is 26.2 Å². The molecule has 0 radical (unpaired) electrons. The SMILES string of the molecule is CC(C)(C)OC(=O)N1CC(CC(=O)O)(NCCn2cccn2)C1. The van der Waals surface area contributed by atoms with Crippen molar-refractivity contribution in [1.82, 2.24) is 20.0 Å². The van der Waals surface area contributed by atoms with Crippen molar-refractivity contribution in [2.75, 3.05) is 19.6 Å². The zero-order valence-corrected chi connectivity index (χ0v) is 13.8. The van der Waals surface area contributed by atoms with Gasteiger partial charge in [-0.2, -0.15) is 5.10 Å². The Hall–Kier alpha value is -2.09. The van der Waals surface area contributed by atoms with Gasteiger partial charge in [-0.15, -0.1) is 0 Å². The summed E-state index contributed by atoms with van der Waals surface area (Å²) in [5, 5.41) is 16.5. The molecular weight excluding hydrogens is 300 g/mol. The lowest BCUT2D eigenvalue weighted by Gasteiger charge is -2.49. The van der Waals surface area contributed by atoms with Gasteiger partial charge in [-0.1, -0.05) is 0 Å². The van der Waals surface area contributed by atoms with Crippen molar-refractivity contribution in [3.63, 3.8) is 0 Å². The number of ether oxygens (including phenoxy) is 1. The first-order valence-corrected chi connectivity index (χ1v) is 7.61. The van der Waals surface area contributed by atoms with E-state index in [-0.39, 0.29) is 6.42 Å². The fourth-order valence-corrected chi connectivity index (χ4v) is 2.58. The number of carboxylic acid groups (broad SMARTS) is 1. The quantitative estimate of drug-likeness (QED) is 0.808. The average molecular weight is 324 g/mol. The van der Waals surface area contributed by atoms with Gasteiger partial charge in [-0.25, -0.2) is 4.79 Å². The van der Waals surface area contributed by atoms with Gasteiger partial charge in [0.1, 0.15) is 5.60 Å². The van der Waals surface area contributed by atoms with Crippen LogP contribution in [0.1, 0.15) is 27.2 Å². The van der Waals surface area contributed by atoms with Crippen LogP contribution in [0.2, 0.25) is 0 Å². The average Bonchev–Trinajstić information content (AvgIpc) is 2.85. The van der Waals surface area contributed by atoms with Crippen LogP contribution < -0.4 is 5.32 Å². The summed E-state index contributed by atoms with van der Waals surface area (Å²) >= 11 is 0. The molecule has 1 aliphatic rings. The van der Waals surface area contributed by atoms with E-state index in [1.54, 1.807) is 31.6 Å². The van der Waals surface area contributed by atoms with Gasteiger partial charge in [0.2, 0.25) is 0 Å². The minimum atomic E-state index is -0.888. The highest BCUT2D eigenvalue weighted by Gasteiger charge is 2.47. The van der Waals surface area contributed by atoms with Gasteiger partial charge in [-0.3, -0.25) is 9.48 Å². The van der Waals surface area contributed by atoms with Gasteiger partial charge in [0, 0.05) is 32.0 Å². The van der Waals surface area contributed by atoms with E-state index in [1.807, 2.05) is 12.3 Å². The number of likely N-dealkylation sites (tertiary alicyclic amines) is 1. The number of carbonyl (C=O) groups is 2. The van der Waals surface area contributed by atoms with Crippen LogP contribution in [-0.4, -0.2) is 62.6 Å². The van der Waals surface area contributed by atoms with Gasteiger partial charge in [0.05, 0.1) is 18.5 Å². The molecule has 1 aromatic rings. The van der Waals surface area contributed by atoms with Crippen LogP contribution in [-0.2, 0) is 16.1 Å². The first kappa shape index (κ1) is 17.3. The zero-order valence-electron chi connectivity index (χ0n) is 13.8. The normalized spacial score (nSPS) is 16.7. The van der Waals surface area contributed by atoms with Crippen LogP contribution in [0, 0.1) is 0 Å². The van der Waals surface area contributed by atoms with E-state index in [9.17, 15) is 9.59 Å². The van der Waals surface area contributed by atoms with E-state index < -0.39 is 23.2 Å². The molecule has 2 N–H and O–H groups in total. The molecule has 8 heteroatoms. The number of carboxylic acids is 1. The Labute approximate surface area is 135 Å². The van der Waals surface area contributed by atoms with Crippen molar-refractivity contribution in [3.05, 3.63) is 18.5 Å². The van der Waals surface area contributed by atoms with Crippen molar-refractivity contribution in [2.24, 2.45) is 0 Å². The van der Waals surface area contributed by atoms with Crippen molar-refractivity contribution in [3.8, 4) is 0 Å². The van der Waals surface area contributed by atoms with Crippen molar-refractivity contribution in [2.45, 2.75) is 44.9 Å². The summed E-state index contributed by atoms with van der Waals surface area (Å²) in [6.07, 6.45) is 3.10. The van der Waals surface area contributed by atoms with Gasteiger partial charge < -0.3 is 20.1 Å². The fourth-order valence-electron chi connectivity index (χ4n) is 2.58. The maximum Gasteiger partial charge on any atom is 0.410 e. The number of hydrogen-bond donors (Lipinski definition) is 2. The molecule has 1 saturated heterocycles. The second kappa shape index (κ2) is 6.57. The molecule has 0 aliphatic carbocycles. The summed E-state index contributed by atoms with van der Waals surface area (Å²) < 4.78 is 7.07. The highest BCUT2D eigenvalue weighted by atomic mass is 16.6. The maximum atomic E-state index is 12.0. The summed E-state index contributed by atoms with van der Waals surface area (Å²) in [5.74, 6) is -0.888. The third-order valence-electron chi connectivity index (χ3n) is 3.53. The Kier molecular flexibility index (Phi) is 4.93. The third kappa shape index (κ3) is 4.95. The predicted octanol–water partition coefficient (Wildman–Crippen LogP) is 0.937. The van der Waals surface area contributed by atoms with Crippen LogP contribution in [0.4, 0.5) is 4.79 Å². The smallest absolute Gasteiger partial charge is 0.410 e. The van der Waals surface area contributed by atoms with Crippen LogP contribution >= 0.6 is 0 Å². The van der Waals surface area contributed by atoms with Crippen LogP contribution in [0.5, 0.6) is 0 Å². The molecule has 1 fully saturated rings. The second-order valence-corrected chi connectivity index (χ2v) is 6.88. The third-order valence-corrected chi connectivity index (χ3v) is 3.53. The maximum absolute atomic E-state index is 12.0. The van der Waals surface area contributed by atoms with Gasteiger partial charge in [0.25, 0.3) is 0 Å². The van der Waals surface area contributed by atoms with E-state index in [1.165, 1.54) is 4.90 Å². The number of nitrogens with zero attached hydrogens (tertiary/aromatic N) is 3. The van der Waals surface area contributed by atoms with E-state index in [4.69, 9.17) is 9.84 Å². The fraction of sp³-hybridized carbons (Fsp3) is 0.667. The lowest BCUT2D eigenvalue weighted by atomic mass is 9.86. The van der Waals surface area contributed by atoms with Gasteiger partial charge >= 0.3 is 12.1 Å². The molecule has 2 heterocycles. The van der Waals surface area contributed by atoms with E-state index in [0.717, 1.165) is 0 Å². The minimum absolute atomic E-state index is 0.0363. The Morgan fingerprint density at radius 3 is 2.61 bits per heavy atom. The first-order chi connectivity index (χ1) is 10.7. The Morgan fingerprint density at radius 1 is 1.39 bits per heavy atom.